The second-order valence-corrected chi connectivity index (χ2v) is 8.98. The number of halogens is 1. The van der Waals surface area contributed by atoms with Crippen molar-refractivity contribution in [3.05, 3.63) is 66.0 Å². The molecule has 2 amide bonds. The molecule has 9 heteroatoms. The Bertz CT molecular complexity index is 999. The smallest absolute Gasteiger partial charge is 0.244 e. The number of carbonyl (C=O) groups is 2. The number of nitrogens with one attached hydrogen (secondary N) is 1. The van der Waals surface area contributed by atoms with E-state index in [2.05, 4.69) is 5.32 Å². The molecule has 0 radical (unpaired) electrons. The lowest BCUT2D eigenvalue weighted by atomic mass is 10.1. The number of rotatable bonds is 10. The molecule has 168 valence electrons. The highest BCUT2D eigenvalue weighted by atomic mass is 32.2. The van der Waals surface area contributed by atoms with E-state index >= 15 is 0 Å². The molecule has 2 rings (SSSR count). The van der Waals surface area contributed by atoms with Gasteiger partial charge in [-0.2, -0.15) is 0 Å². The predicted octanol–water partition coefficient (Wildman–Crippen LogP) is 2.54. The van der Waals surface area contributed by atoms with E-state index in [-0.39, 0.29) is 18.1 Å². The molecule has 0 unspecified atom stereocenters. The van der Waals surface area contributed by atoms with Gasteiger partial charge in [-0.25, -0.2) is 12.8 Å². The summed E-state index contributed by atoms with van der Waals surface area (Å²) >= 11 is 0. The van der Waals surface area contributed by atoms with Crippen molar-refractivity contribution in [2.75, 3.05) is 23.7 Å². The van der Waals surface area contributed by atoms with Gasteiger partial charge in [0.15, 0.2) is 0 Å². The Balaban J connectivity index is 2.40. The van der Waals surface area contributed by atoms with Crippen LogP contribution in [0.4, 0.5) is 10.1 Å². The fraction of sp³-hybridized carbons (Fsp3) is 0.364. The maximum Gasteiger partial charge on any atom is 0.244 e. The molecule has 0 aromatic heterocycles. The summed E-state index contributed by atoms with van der Waals surface area (Å²) in [6.45, 7) is 3.55. The Morgan fingerprint density at radius 2 is 1.74 bits per heavy atom. The van der Waals surface area contributed by atoms with E-state index in [1.54, 1.807) is 13.8 Å². The minimum Gasteiger partial charge on any atom is -0.355 e. The van der Waals surface area contributed by atoms with Crippen LogP contribution in [0.25, 0.3) is 0 Å². The number of nitrogens with zero attached hydrogens (tertiary/aromatic N) is 2. The Kier molecular flexibility index (Phi) is 8.56. The van der Waals surface area contributed by atoms with Crippen molar-refractivity contribution in [3.63, 3.8) is 0 Å². The Morgan fingerprint density at radius 3 is 2.29 bits per heavy atom. The zero-order valence-electron chi connectivity index (χ0n) is 17.9. The first-order valence-electron chi connectivity index (χ1n) is 10.0. The van der Waals surface area contributed by atoms with Crippen molar-refractivity contribution >= 4 is 27.5 Å². The van der Waals surface area contributed by atoms with E-state index in [1.165, 1.54) is 23.1 Å². The van der Waals surface area contributed by atoms with Crippen LogP contribution in [0, 0.1) is 5.82 Å². The Hall–Kier alpha value is -2.94. The summed E-state index contributed by atoms with van der Waals surface area (Å²) in [5.74, 6) is -1.49. The number of hydrogen-bond acceptors (Lipinski definition) is 4. The highest BCUT2D eigenvalue weighted by Gasteiger charge is 2.31. The van der Waals surface area contributed by atoms with Gasteiger partial charge in [0.1, 0.15) is 18.4 Å². The fourth-order valence-electron chi connectivity index (χ4n) is 3.24. The van der Waals surface area contributed by atoms with Crippen LogP contribution in [0.3, 0.4) is 0 Å². The number of benzene rings is 2. The first-order valence-corrected chi connectivity index (χ1v) is 11.9. The predicted molar refractivity (Wildman–Crippen MR) is 118 cm³/mol. The molecule has 31 heavy (non-hydrogen) atoms. The molecule has 7 nitrogen and oxygen atoms in total. The molecule has 0 saturated heterocycles. The summed E-state index contributed by atoms with van der Waals surface area (Å²) in [5, 5.41) is 2.73. The normalized spacial score (nSPS) is 12.1. The molecule has 0 heterocycles. The van der Waals surface area contributed by atoms with Crippen molar-refractivity contribution in [1.29, 1.82) is 0 Å². The van der Waals surface area contributed by atoms with Gasteiger partial charge in [-0.05, 0) is 37.1 Å². The molecule has 0 spiro atoms. The number of carbonyl (C=O) groups excluding carboxylic acids is 2. The minimum absolute atomic E-state index is 0.0431. The van der Waals surface area contributed by atoms with Crippen LogP contribution in [-0.2, 0) is 26.2 Å². The molecule has 0 saturated carbocycles. The molecule has 0 bridgehead atoms. The third-order valence-electron chi connectivity index (χ3n) is 4.71. The average Bonchev–Trinajstić information content (AvgIpc) is 2.71. The van der Waals surface area contributed by atoms with E-state index in [1.807, 2.05) is 30.3 Å². The van der Waals surface area contributed by atoms with Gasteiger partial charge in [0, 0.05) is 13.1 Å². The van der Waals surface area contributed by atoms with Gasteiger partial charge in [-0.3, -0.25) is 13.9 Å². The van der Waals surface area contributed by atoms with Crippen LogP contribution in [-0.4, -0.2) is 50.5 Å². The monoisotopic (exact) mass is 449 g/mol. The summed E-state index contributed by atoms with van der Waals surface area (Å²) in [7, 11) is -3.88. The van der Waals surface area contributed by atoms with Gasteiger partial charge in [0.2, 0.25) is 21.8 Å². The Morgan fingerprint density at radius 1 is 1.06 bits per heavy atom. The molecular formula is C22H28FN3O4S. The van der Waals surface area contributed by atoms with Crippen LogP contribution in [0.5, 0.6) is 0 Å². The SMILES string of the molecule is CCNC(=O)[C@H](CC)N(Cc1ccccc1)C(=O)CN(c1cccc(F)c1)S(C)(=O)=O. The molecule has 0 aliphatic carbocycles. The first kappa shape index (κ1) is 24.3. The zero-order chi connectivity index (χ0) is 23.0. The van der Waals surface area contributed by atoms with Crippen LogP contribution in [0.2, 0.25) is 0 Å². The maximum absolute atomic E-state index is 13.7. The third kappa shape index (κ3) is 6.78. The lowest BCUT2D eigenvalue weighted by Gasteiger charge is -2.32. The molecular weight excluding hydrogens is 421 g/mol. The molecule has 2 aromatic carbocycles. The lowest BCUT2D eigenvalue weighted by molar-refractivity contribution is -0.140. The topological polar surface area (TPSA) is 86.8 Å². The van der Waals surface area contributed by atoms with Gasteiger partial charge in [0.05, 0.1) is 11.9 Å². The van der Waals surface area contributed by atoms with Crippen molar-refractivity contribution in [1.82, 2.24) is 10.2 Å². The van der Waals surface area contributed by atoms with Crippen LogP contribution < -0.4 is 9.62 Å². The van der Waals surface area contributed by atoms with Crippen molar-refractivity contribution in [3.8, 4) is 0 Å². The molecule has 1 N–H and O–H groups in total. The number of likely N-dealkylation sites (N-methyl/N-ethyl adjacent to an activating group) is 1. The summed E-state index contributed by atoms with van der Waals surface area (Å²) < 4.78 is 39.3. The van der Waals surface area contributed by atoms with Crippen molar-refractivity contribution < 1.29 is 22.4 Å². The molecule has 0 fully saturated rings. The standard InChI is InChI=1S/C22H28FN3O4S/c1-4-20(22(28)24-5-2)25(15-17-10-7-6-8-11-17)21(27)16-26(31(3,29)30)19-13-9-12-18(23)14-19/h6-14,20H,4-5,15-16H2,1-3H3,(H,24,28)/t20-/m0/s1. The number of hydrogen-bond donors (Lipinski definition) is 1. The average molecular weight is 450 g/mol. The number of sulfonamides is 1. The Labute approximate surface area is 182 Å². The molecule has 0 aliphatic rings. The second-order valence-electron chi connectivity index (χ2n) is 7.08. The van der Waals surface area contributed by atoms with E-state index < -0.39 is 34.3 Å². The largest absolute Gasteiger partial charge is 0.355 e. The van der Waals surface area contributed by atoms with E-state index in [0.29, 0.717) is 13.0 Å². The summed E-state index contributed by atoms with van der Waals surface area (Å²) in [4.78, 5) is 27.3. The summed E-state index contributed by atoms with van der Waals surface area (Å²) in [6, 6.07) is 13.4. The van der Waals surface area contributed by atoms with E-state index in [4.69, 9.17) is 0 Å². The third-order valence-corrected chi connectivity index (χ3v) is 5.85. The van der Waals surface area contributed by atoms with Gasteiger partial charge >= 0.3 is 0 Å². The maximum atomic E-state index is 13.7. The fourth-order valence-corrected chi connectivity index (χ4v) is 4.08. The molecule has 2 aromatic rings. The van der Waals surface area contributed by atoms with Gasteiger partial charge in [0.25, 0.3) is 0 Å². The zero-order valence-corrected chi connectivity index (χ0v) is 18.7. The van der Waals surface area contributed by atoms with Gasteiger partial charge < -0.3 is 10.2 Å². The van der Waals surface area contributed by atoms with Gasteiger partial charge in [-0.15, -0.1) is 0 Å². The van der Waals surface area contributed by atoms with Crippen molar-refractivity contribution in [2.45, 2.75) is 32.9 Å². The van der Waals surface area contributed by atoms with Crippen LogP contribution in [0.1, 0.15) is 25.8 Å². The number of amides is 2. The van der Waals surface area contributed by atoms with Crippen molar-refractivity contribution in [2.24, 2.45) is 0 Å². The van der Waals surface area contributed by atoms with Gasteiger partial charge in [-0.1, -0.05) is 43.3 Å². The highest BCUT2D eigenvalue weighted by Crippen LogP contribution is 2.20. The quantitative estimate of drug-likeness (QED) is 0.604. The van der Waals surface area contributed by atoms with Crippen LogP contribution >= 0.6 is 0 Å². The lowest BCUT2D eigenvalue weighted by Crippen LogP contribution is -2.52. The minimum atomic E-state index is -3.88. The summed E-state index contributed by atoms with van der Waals surface area (Å²) in [5.41, 5.74) is 0.844. The van der Waals surface area contributed by atoms with Crippen LogP contribution in [0.15, 0.2) is 54.6 Å². The molecule has 1 atom stereocenters. The van der Waals surface area contributed by atoms with E-state index in [9.17, 15) is 22.4 Å². The van der Waals surface area contributed by atoms with E-state index in [0.717, 1.165) is 22.2 Å². The molecule has 0 aliphatic heterocycles. The number of anilines is 1. The first-order chi connectivity index (χ1) is 14.7. The highest BCUT2D eigenvalue weighted by molar-refractivity contribution is 7.92. The second kappa shape index (κ2) is 10.9. The summed E-state index contributed by atoms with van der Waals surface area (Å²) in [6.07, 6.45) is 1.30.